The van der Waals surface area contributed by atoms with Crippen LogP contribution in [0.25, 0.3) is 0 Å². The second-order valence-corrected chi connectivity index (χ2v) is 4.21. The fraction of sp³-hybridized carbons (Fsp3) is 1.00. The second kappa shape index (κ2) is 4.77. The van der Waals surface area contributed by atoms with Crippen molar-refractivity contribution >= 4 is 32.4 Å². The van der Waals surface area contributed by atoms with Crippen molar-refractivity contribution in [1.29, 1.82) is 0 Å². The van der Waals surface area contributed by atoms with Crippen molar-refractivity contribution in [1.82, 2.24) is 0 Å². The molecular formula is C6H13Cl2P. The molecule has 0 radical (unpaired) electrons. The van der Waals surface area contributed by atoms with E-state index in [9.17, 15) is 0 Å². The third-order valence-electron chi connectivity index (χ3n) is 1.19. The van der Waals surface area contributed by atoms with Gasteiger partial charge in [-0.05, 0) is 12.6 Å². The molecule has 0 aliphatic rings. The number of alkyl halides is 2. The number of hydrogen-bond donors (Lipinski definition) is 0. The zero-order chi connectivity index (χ0) is 7.33. The first-order valence-corrected chi connectivity index (χ1v) is 4.77. The van der Waals surface area contributed by atoms with E-state index in [1.165, 1.54) is 0 Å². The summed E-state index contributed by atoms with van der Waals surface area (Å²) >= 11 is 11.7. The van der Waals surface area contributed by atoms with Gasteiger partial charge in [0.25, 0.3) is 0 Å². The van der Waals surface area contributed by atoms with Crippen molar-refractivity contribution in [2.75, 3.05) is 6.16 Å². The summed E-state index contributed by atoms with van der Waals surface area (Å²) in [5.74, 6) is 0. The van der Waals surface area contributed by atoms with Crippen LogP contribution in [0.2, 0.25) is 0 Å². The Bertz CT molecular complexity index is 73.5. The van der Waals surface area contributed by atoms with Crippen molar-refractivity contribution in [3.63, 3.8) is 0 Å². The molecular weight excluding hydrogens is 174 g/mol. The molecule has 9 heavy (non-hydrogen) atoms. The van der Waals surface area contributed by atoms with Crippen LogP contribution in [0.3, 0.4) is 0 Å². The Labute approximate surface area is 69.5 Å². The Morgan fingerprint density at radius 3 is 2.33 bits per heavy atom. The third-order valence-corrected chi connectivity index (χ3v) is 3.10. The SMILES string of the molecule is CCCCC(Cl)(Cl)CP. The van der Waals surface area contributed by atoms with Crippen molar-refractivity contribution in [2.24, 2.45) is 0 Å². The Balaban J connectivity index is 3.33. The molecule has 0 spiro atoms. The quantitative estimate of drug-likeness (QED) is 0.468. The smallest absolute Gasteiger partial charge is 0.121 e. The summed E-state index contributed by atoms with van der Waals surface area (Å²) in [4.78, 5) is 0. The molecule has 1 atom stereocenters. The van der Waals surface area contributed by atoms with Crippen molar-refractivity contribution < 1.29 is 0 Å². The largest absolute Gasteiger partial charge is 0.135 e. The minimum Gasteiger partial charge on any atom is -0.135 e. The lowest BCUT2D eigenvalue weighted by molar-refractivity contribution is 0.677. The minimum atomic E-state index is -0.499. The van der Waals surface area contributed by atoms with E-state index in [1.807, 2.05) is 0 Å². The molecule has 0 aliphatic carbocycles. The second-order valence-electron chi connectivity index (χ2n) is 2.16. The monoisotopic (exact) mass is 186 g/mol. The maximum Gasteiger partial charge on any atom is 0.121 e. The van der Waals surface area contributed by atoms with Gasteiger partial charge < -0.3 is 0 Å². The van der Waals surface area contributed by atoms with Crippen LogP contribution < -0.4 is 0 Å². The predicted octanol–water partition coefficient (Wildman–Crippen LogP) is 3.23. The van der Waals surface area contributed by atoms with Crippen LogP contribution in [0.4, 0.5) is 0 Å². The van der Waals surface area contributed by atoms with Gasteiger partial charge in [0.05, 0.1) is 0 Å². The van der Waals surface area contributed by atoms with Gasteiger partial charge in [0.15, 0.2) is 0 Å². The van der Waals surface area contributed by atoms with E-state index in [2.05, 4.69) is 16.2 Å². The van der Waals surface area contributed by atoms with E-state index in [4.69, 9.17) is 23.2 Å². The number of rotatable bonds is 4. The number of halogens is 2. The Morgan fingerprint density at radius 2 is 2.00 bits per heavy atom. The van der Waals surface area contributed by atoms with Gasteiger partial charge in [-0.1, -0.05) is 19.8 Å². The molecule has 0 aromatic heterocycles. The average Bonchev–Trinajstić information content (AvgIpc) is 1.84. The normalized spacial score (nSPS) is 12.0. The van der Waals surface area contributed by atoms with Crippen LogP contribution in [0.15, 0.2) is 0 Å². The van der Waals surface area contributed by atoms with Crippen LogP contribution in [0.5, 0.6) is 0 Å². The van der Waals surface area contributed by atoms with Gasteiger partial charge in [-0.3, -0.25) is 0 Å². The molecule has 0 saturated carbocycles. The zero-order valence-electron chi connectivity index (χ0n) is 5.66. The van der Waals surface area contributed by atoms with Crippen LogP contribution in [0.1, 0.15) is 26.2 Å². The van der Waals surface area contributed by atoms with Gasteiger partial charge in [0.2, 0.25) is 0 Å². The molecule has 0 bridgehead atoms. The standard InChI is InChI=1S/C6H13Cl2P/c1-2-3-4-6(7,8)5-9/h2-5,9H2,1H3. The van der Waals surface area contributed by atoms with Crippen LogP contribution >= 0.6 is 32.4 Å². The molecule has 0 fully saturated rings. The molecule has 3 heteroatoms. The summed E-state index contributed by atoms with van der Waals surface area (Å²) in [6, 6.07) is 0. The summed E-state index contributed by atoms with van der Waals surface area (Å²) in [7, 11) is 2.56. The highest BCUT2D eigenvalue weighted by Crippen LogP contribution is 2.29. The fourth-order valence-electron chi connectivity index (χ4n) is 0.537. The summed E-state index contributed by atoms with van der Waals surface area (Å²) in [6.07, 6.45) is 3.93. The van der Waals surface area contributed by atoms with Gasteiger partial charge in [-0.2, -0.15) is 0 Å². The first kappa shape index (κ1) is 10.0. The molecule has 1 unspecified atom stereocenters. The highest BCUT2D eigenvalue weighted by Gasteiger charge is 2.19. The topological polar surface area (TPSA) is 0 Å². The molecule has 0 aliphatic heterocycles. The van der Waals surface area contributed by atoms with Crippen LogP contribution in [-0.2, 0) is 0 Å². The minimum absolute atomic E-state index is 0.499. The first-order chi connectivity index (χ1) is 4.12. The lowest BCUT2D eigenvalue weighted by atomic mass is 10.2. The molecule has 0 N–H and O–H groups in total. The summed E-state index contributed by atoms with van der Waals surface area (Å²) in [6.45, 7) is 2.13. The molecule has 0 nitrogen and oxygen atoms in total. The molecule has 0 heterocycles. The summed E-state index contributed by atoms with van der Waals surface area (Å²) in [5, 5.41) is 0. The molecule has 0 rings (SSSR count). The summed E-state index contributed by atoms with van der Waals surface area (Å²) < 4.78 is -0.499. The van der Waals surface area contributed by atoms with E-state index < -0.39 is 4.33 Å². The molecule has 0 aromatic carbocycles. The highest BCUT2D eigenvalue weighted by molar-refractivity contribution is 7.17. The molecule has 0 aromatic rings. The van der Waals surface area contributed by atoms with Gasteiger partial charge >= 0.3 is 0 Å². The van der Waals surface area contributed by atoms with Crippen molar-refractivity contribution in [3.05, 3.63) is 0 Å². The Morgan fingerprint density at radius 1 is 1.44 bits per heavy atom. The highest BCUT2D eigenvalue weighted by atomic mass is 35.5. The maximum atomic E-state index is 5.84. The van der Waals surface area contributed by atoms with Crippen molar-refractivity contribution in [2.45, 2.75) is 30.5 Å². The molecule has 56 valence electrons. The number of hydrogen-bond acceptors (Lipinski definition) is 0. The lowest BCUT2D eigenvalue weighted by Gasteiger charge is -2.15. The van der Waals surface area contributed by atoms with E-state index >= 15 is 0 Å². The maximum absolute atomic E-state index is 5.84. The van der Waals surface area contributed by atoms with Crippen molar-refractivity contribution in [3.8, 4) is 0 Å². The fourth-order valence-corrected chi connectivity index (χ4v) is 1.01. The van der Waals surface area contributed by atoms with E-state index in [0.717, 1.165) is 25.4 Å². The van der Waals surface area contributed by atoms with E-state index in [1.54, 1.807) is 0 Å². The summed E-state index contributed by atoms with van der Waals surface area (Å²) in [5.41, 5.74) is 0. The van der Waals surface area contributed by atoms with Crippen LogP contribution in [0, 0.1) is 0 Å². The zero-order valence-corrected chi connectivity index (χ0v) is 8.33. The third kappa shape index (κ3) is 5.45. The van der Waals surface area contributed by atoms with E-state index in [-0.39, 0.29) is 0 Å². The Kier molecular flexibility index (Phi) is 5.30. The van der Waals surface area contributed by atoms with Gasteiger partial charge in [-0.15, -0.1) is 32.4 Å². The molecule has 0 saturated heterocycles. The molecule has 0 amide bonds. The Hall–Kier alpha value is 1.01. The van der Waals surface area contributed by atoms with Gasteiger partial charge in [0.1, 0.15) is 4.33 Å². The van der Waals surface area contributed by atoms with E-state index in [0.29, 0.717) is 0 Å². The van der Waals surface area contributed by atoms with Gasteiger partial charge in [0, 0.05) is 0 Å². The predicted molar refractivity (Wildman–Crippen MR) is 48.5 cm³/mol. The number of unbranched alkanes of at least 4 members (excludes halogenated alkanes) is 1. The lowest BCUT2D eigenvalue weighted by Crippen LogP contribution is -2.13. The first-order valence-electron chi connectivity index (χ1n) is 3.20. The average molecular weight is 187 g/mol. The van der Waals surface area contributed by atoms with Gasteiger partial charge in [-0.25, -0.2) is 0 Å². The van der Waals surface area contributed by atoms with Crippen LogP contribution in [-0.4, -0.2) is 10.5 Å².